The van der Waals surface area contributed by atoms with Crippen LogP contribution in [-0.4, -0.2) is 29.6 Å². The fourth-order valence-corrected chi connectivity index (χ4v) is 6.49. The minimum Gasteiger partial charge on any atom is -0.385 e. The molecule has 2 unspecified atom stereocenters. The van der Waals surface area contributed by atoms with Crippen LogP contribution in [0.4, 0.5) is 0 Å². The maximum atomic E-state index is 11.3. The molecular formula is C27H26ClNO. The largest absolute Gasteiger partial charge is 0.385 e. The second-order valence-electron chi connectivity index (χ2n) is 9.33. The summed E-state index contributed by atoms with van der Waals surface area (Å²) in [4.78, 5) is 2.56. The van der Waals surface area contributed by atoms with E-state index in [1.807, 2.05) is 24.3 Å². The van der Waals surface area contributed by atoms with Crippen LogP contribution in [-0.2, 0) is 11.0 Å². The molecule has 2 aliphatic carbocycles. The van der Waals surface area contributed by atoms with E-state index in [-0.39, 0.29) is 5.41 Å². The van der Waals surface area contributed by atoms with E-state index in [4.69, 9.17) is 11.6 Å². The van der Waals surface area contributed by atoms with E-state index in [1.165, 1.54) is 22.3 Å². The molecule has 2 nitrogen and oxygen atoms in total. The fourth-order valence-electron chi connectivity index (χ4n) is 6.32. The van der Waals surface area contributed by atoms with E-state index < -0.39 is 5.60 Å². The van der Waals surface area contributed by atoms with E-state index in [9.17, 15) is 5.11 Å². The normalized spacial score (nSPS) is 26.4. The summed E-state index contributed by atoms with van der Waals surface area (Å²) in [5.74, 6) is 0.486. The second kappa shape index (κ2) is 6.68. The lowest BCUT2D eigenvalue weighted by Gasteiger charge is -2.43. The van der Waals surface area contributed by atoms with Crippen molar-refractivity contribution in [3.8, 4) is 0 Å². The van der Waals surface area contributed by atoms with Crippen LogP contribution in [0.2, 0.25) is 5.02 Å². The van der Waals surface area contributed by atoms with Gasteiger partial charge in [0.2, 0.25) is 0 Å². The number of likely N-dealkylation sites (tertiary alicyclic amines) is 1. The van der Waals surface area contributed by atoms with Crippen LogP contribution in [0.3, 0.4) is 0 Å². The number of hydrogen-bond donors (Lipinski definition) is 1. The van der Waals surface area contributed by atoms with Crippen molar-refractivity contribution < 1.29 is 5.11 Å². The molecule has 1 N–H and O–H groups in total. The van der Waals surface area contributed by atoms with Gasteiger partial charge in [0.05, 0.1) is 5.60 Å². The predicted octanol–water partition coefficient (Wildman–Crippen LogP) is 5.46. The summed E-state index contributed by atoms with van der Waals surface area (Å²) >= 11 is 6.45. The predicted molar refractivity (Wildman–Crippen MR) is 121 cm³/mol. The van der Waals surface area contributed by atoms with Crippen LogP contribution in [0, 0.1) is 0 Å². The molecule has 30 heavy (non-hydrogen) atoms. The molecule has 1 heterocycles. The maximum Gasteiger partial charge on any atom is 0.0920 e. The van der Waals surface area contributed by atoms with E-state index in [0.29, 0.717) is 5.92 Å². The van der Waals surface area contributed by atoms with Crippen molar-refractivity contribution in [1.82, 2.24) is 4.90 Å². The molecule has 1 saturated heterocycles. The quantitative estimate of drug-likeness (QED) is 0.614. The molecule has 0 radical (unpaired) electrons. The summed E-state index contributed by atoms with van der Waals surface area (Å²) in [6, 6.07) is 25.6. The lowest BCUT2D eigenvalue weighted by Crippen LogP contribution is -2.47. The Kier molecular flexibility index (Phi) is 4.15. The van der Waals surface area contributed by atoms with Gasteiger partial charge >= 0.3 is 0 Å². The molecule has 1 aliphatic heterocycles. The molecule has 3 aromatic rings. The summed E-state index contributed by atoms with van der Waals surface area (Å²) in [5, 5.41) is 12.1. The summed E-state index contributed by atoms with van der Waals surface area (Å²) in [5.41, 5.74) is 6.20. The average molecular weight is 416 g/mol. The Morgan fingerprint density at radius 2 is 1.57 bits per heavy atom. The number of aliphatic hydroxyl groups is 1. The van der Waals surface area contributed by atoms with Crippen LogP contribution in [0.25, 0.3) is 0 Å². The molecule has 152 valence electrons. The maximum absolute atomic E-state index is 11.3. The first kappa shape index (κ1) is 18.6. The Morgan fingerprint density at radius 1 is 0.867 bits per heavy atom. The second-order valence-corrected chi connectivity index (χ2v) is 9.77. The van der Waals surface area contributed by atoms with Gasteiger partial charge in [-0.2, -0.15) is 0 Å². The van der Waals surface area contributed by atoms with Crippen molar-refractivity contribution in [2.24, 2.45) is 0 Å². The Labute approximate surface area is 183 Å². The first-order chi connectivity index (χ1) is 14.6. The standard InChI is InChI=1S/C27H26ClNO/c28-20-10-11-22-23-17-26(25(22)16-20,24-9-5-4-8-21(23)24)18-29-14-12-27(30,13-15-29)19-6-2-1-3-7-19/h1-11,16,23,30H,12-15,17-18H2. The molecule has 3 aromatic carbocycles. The van der Waals surface area contributed by atoms with Crippen molar-refractivity contribution in [3.05, 3.63) is 106 Å². The molecule has 2 atom stereocenters. The van der Waals surface area contributed by atoms with Gasteiger partial charge in [-0.05, 0) is 59.2 Å². The van der Waals surface area contributed by atoms with Crippen molar-refractivity contribution in [1.29, 1.82) is 0 Å². The minimum absolute atomic E-state index is 0.0176. The molecule has 0 spiro atoms. The average Bonchev–Trinajstić information content (AvgIpc) is 3.28. The highest BCUT2D eigenvalue weighted by Gasteiger charge is 2.53. The van der Waals surface area contributed by atoms with Gasteiger partial charge in [0.25, 0.3) is 0 Å². The van der Waals surface area contributed by atoms with Gasteiger partial charge in [-0.1, -0.05) is 72.3 Å². The topological polar surface area (TPSA) is 23.5 Å². The van der Waals surface area contributed by atoms with Crippen LogP contribution >= 0.6 is 11.6 Å². The Bertz CT molecular complexity index is 1100. The summed E-state index contributed by atoms with van der Waals surface area (Å²) in [7, 11) is 0. The molecule has 0 aromatic heterocycles. The molecule has 1 fully saturated rings. The van der Waals surface area contributed by atoms with E-state index in [2.05, 4.69) is 53.4 Å². The van der Waals surface area contributed by atoms with E-state index in [1.54, 1.807) is 0 Å². The molecule has 0 saturated carbocycles. The lowest BCUT2D eigenvalue weighted by molar-refractivity contribution is -0.0289. The number of piperidine rings is 1. The summed E-state index contributed by atoms with van der Waals surface area (Å²) < 4.78 is 0. The number of rotatable bonds is 3. The van der Waals surface area contributed by atoms with E-state index >= 15 is 0 Å². The third-order valence-corrected chi connectivity index (χ3v) is 8.03. The highest BCUT2D eigenvalue weighted by Crippen LogP contribution is 2.60. The molecule has 3 heteroatoms. The van der Waals surface area contributed by atoms with Gasteiger partial charge in [0.15, 0.2) is 0 Å². The SMILES string of the molecule is OC1(c2ccccc2)CCN(CC23CC(c4ccccc42)c2ccc(Cl)cc23)CC1. The van der Waals surface area contributed by atoms with Gasteiger partial charge in [0, 0.05) is 36.0 Å². The highest BCUT2D eigenvalue weighted by atomic mass is 35.5. The first-order valence-corrected chi connectivity index (χ1v) is 11.4. The van der Waals surface area contributed by atoms with Gasteiger partial charge in [-0.15, -0.1) is 0 Å². The molecule has 3 aliphatic rings. The van der Waals surface area contributed by atoms with Crippen molar-refractivity contribution in [3.63, 3.8) is 0 Å². The van der Waals surface area contributed by atoms with Crippen LogP contribution in [0.5, 0.6) is 0 Å². The smallest absolute Gasteiger partial charge is 0.0920 e. The first-order valence-electron chi connectivity index (χ1n) is 11.0. The molecule has 2 bridgehead atoms. The van der Waals surface area contributed by atoms with Crippen molar-refractivity contribution in [2.45, 2.75) is 36.2 Å². The minimum atomic E-state index is -0.706. The Morgan fingerprint density at radius 3 is 2.37 bits per heavy atom. The number of nitrogens with zero attached hydrogens (tertiary/aromatic N) is 1. The number of benzene rings is 3. The monoisotopic (exact) mass is 415 g/mol. The van der Waals surface area contributed by atoms with Gasteiger partial charge in [-0.25, -0.2) is 0 Å². The van der Waals surface area contributed by atoms with Crippen LogP contribution in [0.15, 0.2) is 72.8 Å². The molecular weight excluding hydrogens is 390 g/mol. The molecule has 6 rings (SSSR count). The van der Waals surface area contributed by atoms with Crippen LogP contribution in [0.1, 0.15) is 53.0 Å². The third-order valence-electron chi connectivity index (χ3n) is 7.80. The Balaban J connectivity index is 1.31. The zero-order chi connectivity index (χ0) is 20.3. The molecule has 0 amide bonds. The zero-order valence-electron chi connectivity index (χ0n) is 17.0. The third kappa shape index (κ3) is 2.64. The zero-order valence-corrected chi connectivity index (χ0v) is 17.8. The fraction of sp³-hybridized carbons (Fsp3) is 0.333. The summed E-state index contributed by atoms with van der Waals surface area (Å²) in [6.45, 7) is 2.82. The van der Waals surface area contributed by atoms with E-state index in [0.717, 1.165) is 49.5 Å². The highest BCUT2D eigenvalue weighted by molar-refractivity contribution is 6.30. The lowest BCUT2D eigenvalue weighted by atomic mass is 9.74. The van der Waals surface area contributed by atoms with Gasteiger partial charge < -0.3 is 10.0 Å². The number of hydrogen-bond acceptors (Lipinski definition) is 2. The van der Waals surface area contributed by atoms with Gasteiger partial charge in [0.1, 0.15) is 0 Å². The number of fused-ring (bicyclic) bond motifs is 8. The number of halogens is 1. The van der Waals surface area contributed by atoms with Gasteiger partial charge in [-0.3, -0.25) is 0 Å². The Hall–Kier alpha value is -2.13. The van der Waals surface area contributed by atoms with Crippen molar-refractivity contribution in [2.75, 3.05) is 19.6 Å². The van der Waals surface area contributed by atoms with Crippen molar-refractivity contribution >= 4 is 11.6 Å². The van der Waals surface area contributed by atoms with Crippen LogP contribution < -0.4 is 0 Å². The summed E-state index contributed by atoms with van der Waals surface area (Å²) in [6.07, 6.45) is 2.70.